The van der Waals surface area contributed by atoms with Crippen LogP contribution in [0.3, 0.4) is 0 Å². The number of nitrogens with two attached hydrogens (primary N) is 1. The second-order valence-electron chi connectivity index (χ2n) is 5.03. The van der Waals surface area contributed by atoms with Gasteiger partial charge >= 0.3 is 5.97 Å². The second-order valence-corrected chi connectivity index (χ2v) is 5.03. The van der Waals surface area contributed by atoms with Gasteiger partial charge in [-0.2, -0.15) is 0 Å². The van der Waals surface area contributed by atoms with Crippen LogP contribution in [0, 0.1) is 5.92 Å². The van der Waals surface area contributed by atoms with Gasteiger partial charge in [-0.05, 0) is 31.4 Å². The van der Waals surface area contributed by atoms with E-state index >= 15 is 0 Å². The average molecular weight is 277 g/mol. The molecule has 1 saturated heterocycles. The Hall–Kier alpha value is -2.11. The first kappa shape index (κ1) is 14.3. The third-order valence-corrected chi connectivity index (χ3v) is 3.70. The summed E-state index contributed by atoms with van der Waals surface area (Å²) in [7, 11) is 0. The van der Waals surface area contributed by atoms with E-state index in [0.717, 1.165) is 5.69 Å². The number of carbonyl (C=O) groups excluding carboxylic acids is 1. The number of aryl methyl sites for hydroxylation is 1. The molecule has 6 nitrogen and oxygen atoms in total. The highest BCUT2D eigenvalue weighted by Gasteiger charge is 2.24. The Morgan fingerprint density at radius 1 is 1.40 bits per heavy atom. The molecule has 20 heavy (non-hydrogen) atoms. The molecule has 6 heteroatoms. The summed E-state index contributed by atoms with van der Waals surface area (Å²) in [5, 5.41) is 9.13. The average Bonchev–Trinajstić information content (AvgIpc) is 2.46. The molecule has 0 aliphatic carbocycles. The summed E-state index contributed by atoms with van der Waals surface area (Å²) in [4.78, 5) is 28.8. The minimum Gasteiger partial charge on any atom is -0.478 e. The number of carbonyl (C=O) groups is 2. The van der Waals surface area contributed by atoms with E-state index in [1.54, 1.807) is 12.1 Å². The zero-order chi connectivity index (χ0) is 14.7. The number of anilines is 1. The lowest BCUT2D eigenvalue weighted by molar-refractivity contribution is -0.122. The summed E-state index contributed by atoms with van der Waals surface area (Å²) in [5.41, 5.74) is 6.32. The molecule has 2 rings (SSSR count). The molecule has 0 radical (unpaired) electrons. The van der Waals surface area contributed by atoms with Gasteiger partial charge in [-0.1, -0.05) is 6.92 Å². The first-order chi connectivity index (χ1) is 9.51. The van der Waals surface area contributed by atoms with Gasteiger partial charge in [0, 0.05) is 24.7 Å². The van der Waals surface area contributed by atoms with Crippen molar-refractivity contribution in [1.82, 2.24) is 4.98 Å². The highest BCUT2D eigenvalue weighted by Crippen LogP contribution is 2.23. The molecule has 1 aromatic heterocycles. The number of aromatic nitrogens is 1. The maximum atomic E-state index is 11.2. The number of hydrogen-bond donors (Lipinski definition) is 2. The zero-order valence-electron chi connectivity index (χ0n) is 11.5. The molecule has 108 valence electrons. The number of hydrogen-bond acceptors (Lipinski definition) is 4. The number of carboxylic acid groups (broad SMARTS) is 1. The molecule has 3 N–H and O–H groups in total. The van der Waals surface area contributed by atoms with Gasteiger partial charge in [0.1, 0.15) is 5.82 Å². The molecular formula is C14H19N3O3. The number of nitrogens with zero attached hydrogens (tertiary/aromatic N) is 2. The van der Waals surface area contributed by atoms with E-state index in [1.807, 2.05) is 11.8 Å². The molecule has 0 bridgehead atoms. The lowest BCUT2D eigenvalue weighted by Crippen LogP contribution is -2.39. The van der Waals surface area contributed by atoms with E-state index in [4.69, 9.17) is 10.8 Å². The van der Waals surface area contributed by atoms with Crippen LogP contribution in [-0.4, -0.2) is 35.1 Å². The molecule has 2 heterocycles. The minimum absolute atomic E-state index is 0.0837. The zero-order valence-corrected chi connectivity index (χ0v) is 11.5. The monoisotopic (exact) mass is 277 g/mol. The Labute approximate surface area is 117 Å². The highest BCUT2D eigenvalue weighted by atomic mass is 16.4. The summed E-state index contributed by atoms with van der Waals surface area (Å²) in [5.74, 6) is -0.620. The number of primary amides is 1. The maximum absolute atomic E-state index is 11.2. The normalized spacial score (nSPS) is 16.1. The van der Waals surface area contributed by atoms with E-state index in [2.05, 4.69) is 4.98 Å². The fourth-order valence-corrected chi connectivity index (χ4v) is 2.43. The van der Waals surface area contributed by atoms with E-state index in [-0.39, 0.29) is 17.4 Å². The van der Waals surface area contributed by atoms with Crippen molar-refractivity contribution >= 4 is 17.7 Å². The number of rotatable bonds is 4. The molecule has 0 aromatic carbocycles. The van der Waals surface area contributed by atoms with Gasteiger partial charge < -0.3 is 15.7 Å². The molecule has 0 atom stereocenters. The predicted octanol–water partition coefficient (Wildman–Crippen LogP) is 1.04. The Balaban J connectivity index is 2.19. The third kappa shape index (κ3) is 3.07. The van der Waals surface area contributed by atoms with Crippen molar-refractivity contribution in [1.29, 1.82) is 0 Å². The van der Waals surface area contributed by atoms with E-state index in [0.29, 0.717) is 38.2 Å². The molecule has 1 aliphatic rings. The molecule has 1 fully saturated rings. The van der Waals surface area contributed by atoms with Gasteiger partial charge in [-0.3, -0.25) is 4.79 Å². The Bertz CT molecular complexity index is 522. The highest BCUT2D eigenvalue weighted by molar-refractivity contribution is 5.88. The van der Waals surface area contributed by atoms with E-state index < -0.39 is 5.97 Å². The third-order valence-electron chi connectivity index (χ3n) is 3.70. The van der Waals surface area contributed by atoms with Crippen molar-refractivity contribution < 1.29 is 14.7 Å². The molecule has 0 saturated carbocycles. The van der Waals surface area contributed by atoms with Gasteiger partial charge in [0.25, 0.3) is 0 Å². The van der Waals surface area contributed by atoms with Crippen LogP contribution >= 0.6 is 0 Å². The summed E-state index contributed by atoms with van der Waals surface area (Å²) < 4.78 is 0. The van der Waals surface area contributed by atoms with Crippen molar-refractivity contribution in [2.24, 2.45) is 11.7 Å². The predicted molar refractivity (Wildman–Crippen MR) is 74.7 cm³/mol. The number of pyridine rings is 1. The topological polar surface area (TPSA) is 96.5 Å². The van der Waals surface area contributed by atoms with Crippen molar-refractivity contribution in [2.45, 2.75) is 26.2 Å². The van der Waals surface area contributed by atoms with Crippen LogP contribution in [0.15, 0.2) is 12.1 Å². The number of carboxylic acids is 1. The number of aromatic carboxylic acids is 1. The Morgan fingerprint density at radius 2 is 2.05 bits per heavy atom. The maximum Gasteiger partial charge on any atom is 0.335 e. The molecule has 1 aliphatic heterocycles. The Morgan fingerprint density at radius 3 is 2.55 bits per heavy atom. The largest absolute Gasteiger partial charge is 0.478 e. The van der Waals surface area contributed by atoms with Gasteiger partial charge in [-0.25, -0.2) is 9.78 Å². The van der Waals surface area contributed by atoms with E-state index in [9.17, 15) is 9.59 Å². The van der Waals surface area contributed by atoms with Crippen LogP contribution in [0.5, 0.6) is 0 Å². The van der Waals surface area contributed by atoms with Crippen LogP contribution in [0.1, 0.15) is 35.8 Å². The van der Waals surface area contributed by atoms with E-state index in [1.165, 1.54) is 0 Å². The first-order valence-corrected chi connectivity index (χ1v) is 6.79. The van der Waals surface area contributed by atoms with Crippen LogP contribution in [0.25, 0.3) is 0 Å². The van der Waals surface area contributed by atoms with Crippen molar-refractivity contribution in [3.63, 3.8) is 0 Å². The molecule has 1 aromatic rings. The number of piperidine rings is 1. The fraction of sp³-hybridized carbons (Fsp3) is 0.500. The van der Waals surface area contributed by atoms with Gasteiger partial charge in [0.15, 0.2) is 0 Å². The smallest absolute Gasteiger partial charge is 0.335 e. The lowest BCUT2D eigenvalue weighted by Gasteiger charge is -2.31. The van der Waals surface area contributed by atoms with Crippen molar-refractivity contribution in [3.05, 3.63) is 23.4 Å². The summed E-state index contributed by atoms with van der Waals surface area (Å²) >= 11 is 0. The fourth-order valence-electron chi connectivity index (χ4n) is 2.43. The van der Waals surface area contributed by atoms with Crippen LogP contribution in [0.4, 0.5) is 5.82 Å². The first-order valence-electron chi connectivity index (χ1n) is 6.79. The molecule has 0 unspecified atom stereocenters. The summed E-state index contributed by atoms with van der Waals surface area (Å²) in [6.07, 6.45) is 2.07. The Kier molecular flexibility index (Phi) is 4.22. The quantitative estimate of drug-likeness (QED) is 0.857. The second kappa shape index (κ2) is 5.90. The van der Waals surface area contributed by atoms with Gasteiger partial charge in [-0.15, -0.1) is 0 Å². The standard InChI is InChI=1S/C14H19N3O3/c1-2-11-7-10(14(19)20)8-12(16-11)17-5-3-9(4-6-17)13(15)18/h7-9H,2-6H2,1H3,(H2,15,18)(H,19,20). The molecule has 1 amide bonds. The minimum atomic E-state index is -0.949. The molecule has 0 spiro atoms. The summed E-state index contributed by atoms with van der Waals surface area (Å²) in [6.45, 7) is 3.29. The van der Waals surface area contributed by atoms with Crippen LogP contribution in [0.2, 0.25) is 0 Å². The van der Waals surface area contributed by atoms with Crippen LogP contribution < -0.4 is 10.6 Å². The number of amides is 1. The van der Waals surface area contributed by atoms with Gasteiger partial charge in [0.05, 0.1) is 5.56 Å². The SMILES string of the molecule is CCc1cc(C(=O)O)cc(N2CCC(C(N)=O)CC2)n1. The van der Waals surface area contributed by atoms with Gasteiger partial charge in [0.2, 0.25) is 5.91 Å². The lowest BCUT2D eigenvalue weighted by atomic mass is 9.96. The van der Waals surface area contributed by atoms with Crippen molar-refractivity contribution in [2.75, 3.05) is 18.0 Å². The van der Waals surface area contributed by atoms with Crippen molar-refractivity contribution in [3.8, 4) is 0 Å². The summed E-state index contributed by atoms with van der Waals surface area (Å²) in [6, 6.07) is 3.19. The molecular weight excluding hydrogens is 258 g/mol. The van der Waals surface area contributed by atoms with Crippen LogP contribution in [-0.2, 0) is 11.2 Å².